The van der Waals surface area contributed by atoms with Crippen LogP contribution in [-0.2, 0) is 14.3 Å². The van der Waals surface area contributed by atoms with Crippen LogP contribution in [0.4, 0.5) is 10.5 Å². The largest absolute Gasteiger partial charge is 0.448 e. The molecular formula is C29H35ClN6O5. The maximum absolute atomic E-state index is 13.5. The summed E-state index contributed by atoms with van der Waals surface area (Å²) in [6, 6.07) is 16.6. The Bertz CT molecular complexity index is 1300. The normalized spacial score (nSPS) is 20.3. The van der Waals surface area contributed by atoms with Crippen LogP contribution >= 0.6 is 11.8 Å². The number of halogens is 1. The molecule has 0 spiro atoms. The SMILES string of the molecule is CCOC(=O)N1C2=C(CN(C(=O)[C@H](OC)c3ccccc3)C2)C(NC(=O)c2ccc(N3CCN(C)CC3)cc2)N1Cl. The van der Waals surface area contributed by atoms with Gasteiger partial charge in [-0.3, -0.25) is 9.59 Å². The number of rotatable bonds is 7. The van der Waals surface area contributed by atoms with Crippen molar-refractivity contribution in [2.45, 2.75) is 19.2 Å². The summed E-state index contributed by atoms with van der Waals surface area (Å²) in [6.07, 6.45) is -2.37. The molecule has 2 aromatic carbocycles. The lowest BCUT2D eigenvalue weighted by molar-refractivity contribution is -0.141. The number of ether oxygens (including phenoxy) is 2. The van der Waals surface area contributed by atoms with Crippen LogP contribution in [0.15, 0.2) is 65.9 Å². The molecule has 218 valence electrons. The van der Waals surface area contributed by atoms with Gasteiger partial charge in [0.2, 0.25) is 0 Å². The molecule has 3 heterocycles. The number of nitrogens with one attached hydrogen (secondary N) is 1. The van der Waals surface area contributed by atoms with Gasteiger partial charge in [0.05, 0.1) is 18.8 Å². The van der Waals surface area contributed by atoms with Gasteiger partial charge >= 0.3 is 6.09 Å². The Morgan fingerprint density at radius 3 is 2.32 bits per heavy atom. The van der Waals surface area contributed by atoms with E-state index in [1.54, 1.807) is 24.0 Å². The van der Waals surface area contributed by atoms with E-state index in [2.05, 4.69) is 22.2 Å². The molecule has 3 aliphatic heterocycles. The van der Waals surface area contributed by atoms with Gasteiger partial charge in [0.15, 0.2) is 6.10 Å². The van der Waals surface area contributed by atoms with Crippen LogP contribution < -0.4 is 10.2 Å². The summed E-state index contributed by atoms with van der Waals surface area (Å²) in [7, 11) is 3.59. The Balaban J connectivity index is 1.33. The minimum absolute atomic E-state index is 0.106. The van der Waals surface area contributed by atoms with Gasteiger partial charge in [0, 0.05) is 68.4 Å². The number of hydrogen-bond donors (Lipinski definition) is 1. The van der Waals surface area contributed by atoms with Crippen LogP contribution in [0.25, 0.3) is 0 Å². The number of nitrogens with zero attached hydrogens (tertiary/aromatic N) is 5. The number of likely N-dealkylation sites (N-methyl/N-ethyl adjacent to an activating group) is 1. The fourth-order valence-electron chi connectivity index (χ4n) is 5.38. The van der Waals surface area contributed by atoms with E-state index in [1.807, 2.05) is 42.5 Å². The topological polar surface area (TPSA) is 97.9 Å². The molecule has 0 saturated carbocycles. The molecule has 3 aliphatic rings. The van der Waals surface area contributed by atoms with Crippen molar-refractivity contribution in [3.63, 3.8) is 0 Å². The molecule has 0 radical (unpaired) electrons. The molecule has 1 unspecified atom stereocenters. The van der Waals surface area contributed by atoms with Crippen molar-refractivity contribution in [2.24, 2.45) is 0 Å². The highest BCUT2D eigenvalue weighted by Crippen LogP contribution is 2.37. The van der Waals surface area contributed by atoms with Gasteiger partial charge in [0.1, 0.15) is 6.17 Å². The van der Waals surface area contributed by atoms with Gasteiger partial charge in [-0.05, 0) is 43.8 Å². The molecule has 3 amide bonds. The highest BCUT2D eigenvalue weighted by atomic mass is 35.5. The lowest BCUT2D eigenvalue weighted by atomic mass is 10.1. The maximum atomic E-state index is 13.5. The first-order valence-electron chi connectivity index (χ1n) is 13.7. The van der Waals surface area contributed by atoms with Crippen molar-refractivity contribution in [1.29, 1.82) is 0 Å². The first-order chi connectivity index (χ1) is 19.8. The third kappa shape index (κ3) is 5.89. The predicted octanol–water partition coefficient (Wildman–Crippen LogP) is 2.82. The predicted molar refractivity (Wildman–Crippen MR) is 154 cm³/mol. The van der Waals surface area contributed by atoms with Crippen molar-refractivity contribution in [1.82, 2.24) is 24.7 Å². The molecule has 1 saturated heterocycles. The second kappa shape index (κ2) is 12.5. The highest BCUT2D eigenvalue weighted by molar-refractivity contribution is 6.14. The average Bonchev–Trinajstić information content (AvgIpc) is 3.51. The van der Waals surface area contributed by atoms with E-state index in [0.29, 0.717) is 16.8 Å². The Hall–Kier alpha value is -3.64. The van der Waals surface area contributed by atoms with Gasteiger partial charge in [-0.2, -0.15) is 5.01 Å². The Morgan fingerprint density at radius 2 is 1.68 bits per heavy atom. The summed E-state index contributed by atoms with van der Waals surface area (Å²) in [6.45, 7) is 5.93. The zero-order valence-electron chi connectivity index (χ0n) is 23.5. The van der Waals surface area contributed by atoms with Gasteiger partial charge in [-0.15, -0.1) is 0 Å². The highest BCUT2D eigenvalue weighted by Gasteiger charge is 2.48. The molecule has 11 nitrogen and oxygen atoms in total. The smallest absolute Gasteiger partial charge is 0.430 e. The number of hydrogen-bond acceptors (Lipinski definition) is 8. The van der Waals surface area contributed by atoms with E-state index in [-0.39, 0.29) is 31.5 Å². The number of methoxy groups -OCH3 is 1. The first-order valence-corrected chi connectivity index (χ1v) is 14.0. The number of piperazine rings is 1. The molecule has 5 rings (SSSR count). The monoisotopic (exact) mass is 582 g/mol. The lowest BCUT2D eigenvalue weighted by Crippen LogP contribution is -2.51. The second-order valence-corrected chi connectivity index (χ2v) is 10.6. The minimum atomic E-state index is -0.864. The summed E-state index contributed by atoms with van der Waals surface area (Å²) in [5, 5.41) is 4.12. The van der Waals surface area contributed by atoms with Gasteiger partial charge in [-0.1, -0.05) is 34.9 Å². The van der Waals surface area contributed by atoms with Crippen LogP contribution in [0.3, 0.4) is 0 Å². The summed E-state index contributed by atoms with van der Waals surface area (Å²) < 4.78 is 11.9. The van der Waals surface area contributed by atoms with E-state index in [1.165, 1.54) is 12.1 Å². The number of anilines is 1. The summed E-state index contributed by atoms with van der Waals surface area (Å²) in [5.74, 6) is -0.616. The Labute approximate surface area is 244 Å². The number of benzene rings is 2. The van der Waals surface area contributed by atoms with Crippen LogP contribution in [0, 0.1) is 0 Å². The third-order valence-electron chi connectivity index (χ3n) is 7.64. The number of amides is 3. The van der Waals surface area contributed by atoms with Crippen molar-refractivity contribution in [3.8, 4) is 0 Å². The van der Waals surface area contributed by atoms with Crippen LogP contribution in [0.5, 0.6) is 0 Å². The minimum Gasteiger partial charge on any atom is -0.448 e. The number of carbonyl (C=O) groups is 3. The van der Waals surface area contributed by atoms with Gasteiger partial charge in [0.25, 0.3) is 11.8 Å². The summed E-state index contributed by atoms with van der Waals surface area (Å²) in [4.78, 5) is 45.9. The second-order valence-electron chi connectivity index (χ2n) is 10.2. The van der Waals surface area contributed by atoms with E-state index >= 15 is 0 Å². The van der Waals surface area contributed by atoms with E-state index < -0.39 is 18.4 Å². The maximum Gasteiger partial charge on any atom is 0.430 e. The standard InChI is InChI=1S/C29H35ClN6O5/c1-4-41-29(39)35-24-19-34(28(38)25(40-3)20-8-6-5-7-9-20)18-23(24)26(36(35)30)31-27(37)21-10-12-22(13-11-21)33-16-14-32(2)15-17-33/h5-13,25-26H,4,14-19H2,1-3H3,(H,31,37)/t25-,26?/m1/s1. The molecular weight excluding hydrogens is 548 g/mol. The molecule has 1 N–H and O–H groups in total. The molecule has 1 fully saturated rings. The molecule has 12 heteroatoms. The fourth-order valence-corrected chi connectivity index (χ4v) is 5.70. The number of carbonyl (C=O) groups excluding carboxylic acids is 3. The molecule has 0 bridgehead atoms. The van der Waals surface area contributed by atoms with Crippen LogP contribution in [0.2, 0.25) is 0 Å². The van der Waals surface area contributed by atoms with Gasteiger partial charge in [-0.25, -0.2) is 4.79 Å². The first kappa shape index (κ1) is 28.9. The average molecular weight is 583 g/mol. The Kier molecular flexibility index (Phi) is 8.79. The summed E-state index contributed by atoms with van der Waals surface area (Å²) >= 11 is 6.62. The van der Waals surface area contributed by atoms with Crippen molar-refractivity contribution < 1.29 is 23.9 Å². The Morgan fingerprint density at radius 1 is 1.00 bits per heavy atom. The van der Waals surface area contributed by atoms with Crippen molar-refractivity contribution >= 4 is 35.4 Å². The van der Waals surface area contributed by atoms with E-state index in [4.69, 9.17) is 21.3 Å². The molecule has 2 aromatic rings. The third-order valence-corrected chi connectivity index (χ3v) is 7.99. The van der Waals surface area contributed by atoms with Crippen LogP contribution in [0.1, 0.15) is 28.9 Å². The fraction of sp³-hybridized carbons (Fsp3) is 0.414. The van der Waals surface area contributed by atoms with E-state index in [9.17, 15) is 14.4 Å². The lowest BCUT2D eigenvalue weighted by Gasteiger charge is -2.34. The summed E-state index contributed by atoms with van der Waals surface area (Å²) in [5.41, 5.74) is 3.36. The zero-order valence-corrected chi connectivity index (χ0v) is 24.2. The number of hydrazine groups is 1. The molecule has 2 atom stereocenters. The van der Waals surface area contributed by atoms with Crippen molar-refractivity contribution in [2.75, 3.05) is 64.9 Å². The van der Waals surface area contributed by atoms with E-state index in [0.717, 1.165) is 42.0 Å². The molecule has 0 aromatic heterocycles. The van der Waals surface area contributed by atoms with Crippen molar-refractivity contribution in [3.05, 3.63) is 77.0 Å². The van der Waals surface area contributed by atoms with Crippen LogP contribution in [-0.4, -0.2) is 103 Å². The zero-order chi connectivity index (χ0) is 29.1. The quantitative estimate of drug-likeness (QED) is 0.498. The molecule has 0 aliphatic carbocycles. The van der Waals surface area contributed by atoms with Gasteiger partial charge < -0.3 is 29.5 Å². The molecule has 41 heavy (non-hydrogen) atoms.